The minimum Gasteiger partial charge on any atom is -0.494 e. The Kier molecular flexibility index (Phi) is 7.23. The highest BCUT2D eigenvalue weighted by Gasteiger charge is 2.08. The first kappa shape index (κ1) is 17.2. The van der Waals surface area contributed by atoms with E-state index >= 15 is 0 Å². The Morgan fingerprint density at radius 3 is 2.22 bits per heavy atom. The van der Waals surface area contributed by atoms with E-state index in [2.05, 4.69) is 4.90 Å². The molecule has 104 valence electrons. The maximum absolute atomic E-state index is 10.8. The van der Waals surface area contributed by atoms with Crippen LogP contribution in [0.2, 0.25) is 0 Å². The number of hydrogen-bond acceptors (Lipinski definition) is 4. The van der Waals surface area contributed by atoms with Gasteiger partial charge < -0.3 is 9.64 Å². The van der Waals surface area contributed by atoms with E-state index in [-0.39, 0.29) is 17.3 Å². The number of halogens is 1. The second-order valence-electron chi connectivity index (χ2n) is 3.95. The highest BCUT2D eigenvalue weighted by atomic mass is 35.5. The van der Waals surface area contributed by atoms with Crippen LogP contribution in [0.5, 0.6) is 5.75 Å². The molecule has 7 heteroatoms. The van der Waals surface area contributed by atoms with Gasteiger partial charge in [-0.3, -0.25) is 4.55 Å². The first-order chi connectivity index (χ1) is 7.89. The highest BCUT2D eigenvalue weighted by molar-refractivity contribution is 7.85. The lowest BCUT2D eigenvalue weighted by Gasteiger charge is -2.10. The summed E-state index contributed by atoms with van der Waals surface area (Å²) in [5, 5.41) is 0. The lowest BCUT2D eigenvalue weighted by molar-refractivity contribution is 0.281. The fraction of sp³-hybridized carbons (Fsp3) is 0.455. The molecule has 1 aromatic carbocycles. The normalized spacial score (nSPS) is 11.1. The molecule has 0 unspecified atom stereocenters. The van der Waals surface area contributed by atoms with Gasteiger partial charge in [0.15, 0.2) is 0 Å². The van der Waals surface area contributed by atoms with Crippen LogP contribution in [0, 0.1) is 0 Å². The van der Waals surface area contributed by atoms with Crippen LogP contribution in [0.25, 0.3) is 0 Å². The van der Waals surface area contributed by atoms with Crippen molar-refractivity contribution in [1.29, 1.82) is 0 Å². The Morgan fingerprint density at radius 1 is 1.22 bits per heavy atom. The minimum atomic E-state index is -4.12. The minimum absolute atomic E-state index is 0. The highest BCUT2D eigenvalue weighted by Crippen LogP contribution is 2.15. The molecule has 18 heavy (non-hydrogen) atoms. The van der Waals surface area contributed by atoms with Crippen LogP contribution in [-0.2, 0) is 10.1 Å². The topological polar surface area (TPSA) is 66.8 Å². The van der Waals surface area contributed by atoms with E-state index in [1.165, 1.54) is 24.3 Å². The molecule has 0 aliphatic heterocycles. The van der Waals surface area contributed by atoms with E-state index < -0.39 is 10.1 Å². The van der Waals surface area contributed by atoms with Crippen LogP contribution >= 0.6 is 12.4 Å². The Bertz CT molecular complexity index is 445. The predicted octanol–water partition coefficient (Wildman–Crippen LogP) is 1.69. The smallest absolute Gasteiger partial charge is 0.294 e. The molecule has 0 atom stereocenters. The Hall–Kier alpha value is -0.820. The van der Waals surface area contributed by atoms with Gasteiger partial charge in [-0.05, 0) is 44.8 Å². The van der Waals surface area contributed by atoms with E-state index in [0.29, 0.717) is 12.4 Å². The molecule has 1 aromatic rings. The standard InChI is InChI=1S/C11H17NO4S.ClH/c1-12(2)8-3-9-16-10-4-6-11(7-5-10)17(13,14)15;/h4-7H,3,8-9H2,1-2H3,(H,13,14,15);1H. The van der Waals surface area contributed by atoms with Crippen molar-refractivity contribution >= 4 is 22.5 Å². The summed E-state index contributed by atoms with van der Waals surface area (Å²) in [6.07, 6.45) is 0.896. The first-order valence-electron chi connectivity index (χ1n) is 5.24. The van der Waals surface area contributed by atoms with E-state index in [1.54, 1.807) is 0 Å². The van der Waals surface area contributed by atoms with Gasteiger partial charge in [0.2, 0.25) is 0 Å². The molecule has 0 aliphatic rings. The molecule has 0 aromatic heterocycles. The molecule has 5 nitrogen and oxygen atoms in total. The van der Waals surface area contributed by atoms with Crippen molar-refractivity contribution < 1.29 is 17.7 Å². The summed E-state index contributed by atoms with van der Waals surface area (Å²) >= 11 is 0. The zero-order valence-electron chi connectivity index (χ0n) is 10.4. The summed E-state index contributed by atoms with van der Waals surface area (Å²) in [5.74, 6) is 0.594. The molecule has 0 heterocycles. The van der Waals surface area contributed by atoms with Gasteiger partial charge in [0.05, 0.1) is 11.5 Å². The fourth-order valence-electron chi connectivity index (χ4n) is 1.28. The van der Waals surface area contributed by atoms with Gasteiger partial charge in [-0.1, -0.05) is 0 Å². The monoisotopic (exact) mass is 295 g/mol. The average molecular weight is 296 g/mol. The van der Waals surface area contributed by atoms with Crippen molar-refractivity contribution in [2.75, 3.05) is 27.2 Å². The van der Waals surface area contributed by atoms with Crippen LogP contribution in [0.1, 0.15) is 6.42 Å². The van der Waals surface area contributed by atoms with Gasteiger partial charge in [-0.15, -0.1) is 12.4 Å². The third kappa shape index (κ3) is 6.20. The van der Waals surface area contributed by atoms with E-state index in [9.17, 15) is 8.42 Å². The van der Waals surface area contributed by atoms with Gasteiger partial charge in [0.1, 0.15) is 5.75 Å². The first-order valence-corrected chi connectivity index (χ1v) is 6.68. The van der Waals surface area contributed by atoms with Crippen LogP contribution < -0.4 is 4.74 Å². The van der Waals surface area contributed by atoms with E-state index in [4.69, 9.17) is 9.29 Å². The van der Waals surface area contributed by atoms with Crippen LogP contribution in [-0.4, -0.2) is 45.1 Å². The summed E-state index contributed by atoms with van der Waals surface area (Å²) in [5.41, 5.74) is 0. The molecule has 0 radical (unpaired) electrons. The predicted molar refractivity (Wildman–Crippen MR) is 72.2 cm³/mol. The lowest BCUT2D eigenvalue weighted by Crippen LogP contribution is -2.15. The quantitative estimate of drug-likeness (QED) is 0.639. The Balaban J connectivity index is 0.00000289. The summed E-state index contributed by atoms with van der Waals surface area (Å²) in [4.78, 5) is 1.93. The fourth-order valence-corrected chi connectivity index (χ4v) is 1.76. The molecule has 0 fully saturated rings. The molecule has 0 bridgehead atoms. The molecule has 0 spiro atoms. The molecule has 0 saturated heterocycles. The van der Waals surface area contributed by atoms with Crippen molar-refractivity contribution in [3.8, 4) is 5.75 Å². The van der Waals surface area contributed by atoms with Gasteiger partial charge in [0, 0.05) is 6.54 Å². The number of benzene rings is 1. The lowest BCUT2D eigenvalue weighted by atomic mass is 10.3. The maximum atomic E-state index is 10.8. The molecule has 0 aliphatic carbocycles. The van der Waals surface area contributed by atoms with E-state index in [1.807, 2.05) is 14.1 Å². The Labute approximate surface area is 114 Å². The summed E-state index contributed by atoms with van der Waals surface area (Å²) in [6, 6.07) is 5.69. The van der Waals surface area contributed by atoms with Gasteiger partial charge in [-0.25, -0.2) is 0 Å². The summed E-state index contributed by atoms with van der Waals surface area (Å²) in [7, 11) is -0.144. The van der Waals surface area contributed by atoms with Gasteiger partial charge >= 0.3 is 0 Å². The molecule has 0 saturated carbocycles. The third-order valence-corrected chi connectivity index (χ3v) is 3.01. The Morgan fingerprint density at radius 2 is 1.78 bits per heavy atom. The van der Waals surface area contributed by atoms with Crippen molar-refractivity contribution in [3.63, 3.8) is 0 Å². The van der Waals surface area contributed by atoms with Crippen LogP contribution in [0.4, 0.5) is 0 Å². The van der Waals surface area contributed by atoms with Crippen molar-refractivity contribution in [2.24, 2.45) is 0 Å². The number of hydrogen-bond donors (Lipinski definition) is 1. The number of nitrogens with zero attached hydrogens (tertiary/aromatic N) is 1. The molecular formula is C11H18ClNO4S. The maximum Gasteiger partial charge on any atom is 0.294 e. The van der Waals surface area contributed by atoms with Crippen molar-refractivity contribution in [3.05, 3.63) is 24.3 Å². The van der Waals surface area contributed by atoms with Crippen LogP contribution in [0.3, 0.4) is 0 Å². The summed E-state index contributed by atoms with van der Waals surface area (Å²) in [6.45, 7) is 1.51. The number of ether oxygens (including phenoxy) is 1. The van der Waals surface area contributed by atoms with E-state index in [0.717, 1.165) is 13.0 Å². The molecular weight excluding hydrogens is 278 g/mol. The SMILES string of the molecule is CN(C)CCCOc1ccc(S(=O)(=O)O)cc1.Cl. The summed E-state index contributed by atoms with van der Waals surface area (Å²) < 4.78 is 35.8. The van der Waals surface area contributed by atoms with Crippen LogP contribution in [0.15, 0.2) is 29.2 Å². The second kappa shape index (κ2) is 7.58. The molecule has 1 rings (SSSR count). The van der Waals surface area contributed by atoms with Gasteiger partial charge in [-0.2, -0.15) is 8.42 Å². The average Bonchev–Trinajstić information content (AvgIpc) is 2.23. The zero-order valence-corrected chi connectivity index (χ0v) is 12.0. The molecule has 1 N–H and O–H groups in total. The van der Waals surface area contributed by atoms with Crippen molar-refractivity contribution in [1.82, 2.24) is 4.90 Å². The second-order valence-corrected chi connectivity index (χ2v) is 5.37. The van der Waals surface area contributed by atoms with Gasteiger partial charge in [0.25, 0.3) is 10.1 Å². The zero-order chi connectivity index (χ0) is 12.9. The van der Waals surface area contributed by atoms with Crippen molar-refractivity contribution in [2.45, 2.75) is 11.3 Å². The largest absolute Gasteiger partial charge is 0.494 e. The third-order valence-electron chi connectivity index (χ3n) is 2.14. The number of rotatable bonds is 6. The molecule has 0 amide bonds.